The molecule has 0 amide bonds. The van der Waals surface area contributed by atoms with Gasteiger partial charge in [0.2, 0.25) is 0 Å². The van der Waals surface area contributed by atoms with Crippen molar-refractivity contribution < 1.29 is 9.47 Å². The molecule has 0 saturated carbocycles. The van der Waals surface area contributed by atoms with Crippen LogP contribution in [-0.4, -0.2) is 13.7 Å². The molecule has 0 bridgehead atoms. The topological polar surface area (TPSA) is 72.5 Å². The lowest BCUT2D eigenvalue weighted by molar-refractivity contribution is 0.232. The number of nitrogens with zero attached hydrogens (tertiary/aromatic N) is 4. The fourth-order valence-electron chi connectivity index (χ4n) is 9.50. The number of methoxy groups -OCH3 is 1. The monoisotopic (exact) mass is 1030 g/mol. The maximum absolute atomic E-state index is 10.6. The lowest BCUT2D eigenvalue weighted by atomic mass is 9.98. The molecule has 0 aromatic heterocycles. The summed E-state index contributed by atoms with van der Waals surface area (Å²) >= 11 is 0. The van der Waals surface area contributed by atoms with Crippen LogP contribution >= 0.6 is 0 Å². The number of rotatable bonds is 22. The average molecular weight is 1030 g/mol. The van der Waals surface area contributed by atoms with E-state index < -0.39 is 0 Å². The molecule has 1 atom stereocenters. The molecule has 0 radical (unpaired) electrons. The molecule has 388 valence electrons. The number of hydrogen-bond acceptors (Lipinski definition) is 6. The van der Waals surface area contributed by atoms with Crippen molar-refractivity contribution in [1.29, 1.82) is 10.5 Å². The van der Waals surface area contributed by atoms with Gasteiger partial charge in [0.1, 0.15) is 11.5 Å². The van der Waals surface area contributed by atoms with E-state index in [0.717, 1.165) is 98.8 Å². The van der Waals surface area contributed by atoms with Gasteiger partial charge in [0.25, 0.3) is 0 Å². The molecule has 79 heavy (non-hydrogen) atoms. The highest BCUT2D eigenvalue weighted by molar-refractivity contribution is 5.94. The quantitative estimate of drug-likeness (QED) is 0.0497. The Morgan fingerprint density at radius 3 is 1.10 bits per heavy atom. The first-order valence-electron chi connectivity index (χ1n) is 27.1. The van der Waals surface area contributed by atoms with Gasteiger partial charge in [-0.25, -0.2) is 0 Å². The Bertz CT molecular complexity index is 3520. The molecule has 0 aliphatic heterocycles. The number of nitriles is 2. The smallest absolute Gasteiger partial charge is 0.127 e. The minimum absolute atomic E-state index is 0.372. The fraction of sp³-hybridized carbons (Fsp3) is 0.123. The Balaban J connectivity index is 0.927. The molecular formula is C73H64N4O2. The van der Waals surface area contributed by atoms with E-state index in [1.165, 1.54) is 0 Å². The normalized spacial score (nSPS) is 12.0. The summed E-state index contributed by atoms with van der Waals surface area (Å²) in [7, 11) is 1.62. The molecule has 1 unspecified atom stereocenters. The number of ether oxygens (including phenoxy) is 2. The standard InChI is InChI=1S/C73H64N4O2/c1-4-6-19-55(5-2)54-79-73-51-62(48-64(52-74)60-40-32-56(33-41-60)28-30-58-36-44-70(45-37-58)76(66-20-11-7-12-21-66)67-22-13-8-14-23-67)72(78-3)50-63(73)49-65(53-75)61-42-34-57(35-43-61)29-31-59-38-46-71(47-39-59)77(68-24-15-9-16-25-68)69-26-17-10-18-27-69/h7-18,20-51,55H,4-6,19,54H2,1-3H3/b30-28+,31-29+,64-48+,65-49+. The third kappa shape index (κ3) is 14.1. The van der Waals surface area contributed by atoms with E-state index in [1.807, 2.05) is 97.1 Å². The van der Waals surface area contributed by atoms with Gasteiger partial charge in [-0.05, 0) is 143 Å². The van der Waals surface area contributed by atoms with Crippen LogP contribution in [0, 0.1) is 28.6 Å². The first-order valence-corrected chi connectivity index (χ1v) is 27.1. The van der Waals surface area contributed by atoms with Crippen LogP contribution < -0.4 is 19.3 Å². The van der Waals surface area contributed by atoms with E-state index in [4.69, 9.17) is 9.47 Å². The largest absolute Gasteiger partial charge is 0.496 e. The van der Waals surface area contributed by atoms with Crippen LogP contribution in [0.1, 0.15) is 84.0 Å². The van der Waals surface area contributed by atoms with Crippen molar-refractivity contribution in [3.8, 4) is 23.6 Å². The van der Waals surface area contributed by atoms with Crippen LogP contribution in [-0.2, 0) is 0 Å². The van der Waals surface area contributed by atoms with Crippen LogP contribution in [0.3, 0.4) is 0 Å². The van der Waals surface area contributed by atoms with Crippen molar-refractivity contribution in [2.75, 3.05) is 23.5 Å². The van der Waals surface area contributed by atoms with Crippen molar-refractivity contribution in [2.24, 2.45) is 5.92 Å². The summed E-state index contributed by atoms with van der Waals surface area (Å²) in [5.41, 5.74) is 14.6. The van der Waals surface area contributed by atoms with Gasteiger partial charge in [-0.2, -0.15) is 10.5 Å². The maximum Gasteiger partial charge on any atom is 0.127 e. The summed E-state index contributed by atoms with van der Waals surface area (Å²) in [6.45, 7) is 4.94. The third-order valence-corrected chi connectivity index (χ3v) is 14.0. The minimum atomic E-state index is 0.372. The van der Waals surface area contributed by atoms with Gasteiger partial charge in [0.05, 0.1) is 37.0 Å². The molecule has 9 aromatic rings. The molecule has 0 aliphatic rings. The highest BCUT2D eigenvalue weighted by atomic mass is 16.5. The zero-order valence-corrected chi connectivity index (χ0v) is 45.1. The Kier molecular flexibility index (Phi) is 18.6. The van der Waals surface area contributed by atoms with Crippen molar-refractivity contribution >= 4 is 81.7 Å². The van der Waals surface area contributed by atoms with E-state index in [1.54, 1.807) is 7.11 Å². The molecule has 9 aromatic carbocycles. The summed E-state index contributed by atoms with van der Waals surface area (Å²) in [5.74, 6) is 1.55. The predicted octanol–water partition coefficient (Wildman–Crippen LogP) is 19.7. The Labute approximate surface area is 467 Å². The molecule has 0 fully saturated rings. The number of unbranched alkanes of at least 4 members (excludes halogenated alkanes) is 1. The number of benzene rings is 9. The van der Waals surface area contributed by atoms with Gasteiger partial charge in [0.15, 0.2) is 0 Å². The van der Waals surface area contributed by atoms with Gasteiger partial charge in [-0.3, -0.25) is 0 Å². The van der Waals surface area contributed by atoms with E-state index in [0.29, 0.717) is 40.7 Å². The second kappa shape index (κ2) is 27.3. The maximum atomic E-state index is 10.6. The fourth-order valence-corrected chi connectivity index (χ4v) is 9.50. The summed E-state index contributed by atoms with van der Waals surface area (Å²) in [6.07, 6.45) is 16.4. The molecular weight excluding hydrogens is 965 g/mol. The first-order chi connectivity index (χ1) is 38.9. The van der Waals surface area contributed by atoms with Crippen LogP contribution in [0.2, 0.25) is 0 Å². The summed E-state index contributed by atoms with van der Waals surface area (Å²) in [4.78, 5) is 4.49. The van der Waals surface area contributed by atoms with Gasteiger partial charge in [-0.1, -0.05) is 203 Å². The number of allylic oxidation sites excluding steroid dienone is 2. The van der Waals surface area contributed by atoms with E-state index in [2.05, 4.69) is 206 Å². The summed E-state index contributed by atoms with van der Waals surface area (Å²) in [6, 6.07) is 83.3. The first kappa shape index (κ1) is 53.9. The van der Waals surface area contributed by atoms with Gasteiger partial charge in [-0.15, -0.1) is 0 Å². The third-order valence-electron chi connectivity index (χ3n) is 14.0. The Hall–Kier alpha value is -9.88. The zero-order valence-electron chi connectivity index (χ0n) is 45.1. The van der Waals surface area contributed by atoms with Gasteiger partial charge in [0, 0.05) is 45.3 Å². The second-order valence-electron chi connectivity index (χ2n) is 19.3. The molecule has 0 spiro atoms. The van der Waals surface area contributed by atoms with E-state index in [9.17, 15) is 10.5 Å². The summed E-state index contributed by atoms with van der Waals surface area (Å²) in [5, 5.41) is 21.2. The zero-order chi connectivity index (χ0) is 54.6. The van der Waals surface area contributed by atoms with Gasteiger partial charge >= 0.3 is 0 Å². The number of anilines is 6. The minimum Gasteiger partial charge on any atom is -0.496 e. The molecule has 0 aliphatic carbocycles. The van der Waals surface area contributed by atoms with Crippen LogP contribution in [0.25, 0.3) is 47.6 Å². The molecule has 0 saturated heterocycles. The van der Waals surface area contributed by atoms with E-state index >= 15 is 0 Å². The highest BCUT2D eigenvalue weighted by Gasteiger charge is 2.17. The lowest BCUT2D eigenvalue weighted by Crippen LogP contribution is -2.12. The van der Waals surface area contributed by atoms with Gasteiger partial charge < -0.3 is 19.3 Å². The van der Waals surface area contributed by atoms with Crippen molar-refractivity contribution in [3.05, 3.63) is 275 Å². The highest BCUT2D eigenvalue weighted by Crippen LogP contribution is 2.38. The van der Waals surface area contributed by atoms with Crippen LogP contribution in [0.15, 0.2) is 231 Å². The molecule has 6 nitrogen and oxygen atoms in total. The molecule has 0 heterocycles. The predicted molar refractivity (Wildman–Crippen MR) is 332 cm³/mol. The average Bonchev–Trinajstić information content (AvgIpc) is 3.52. The summed E-state index contributed by atoms with van der Waals surface area (Å²) < 4.78 is 12.7. The van der Waals surface area contributed by atoms with Crippen molar-refractivity contribution in [2.45, 2.75) is 39.5 Å². The SMILES string of the molecule is CCCCC(CC)COc1cc(/C=C(\C#N)c2ccc(/C=C/c3ccc(N(c4ccccc4)c4ccccc4)cc3)cc2)c(OC)cc1/C=C(\C#N)c1ccc(/C=C/c2ccc(N(c3ccccc3)c3ccccc3)cc2)cc1. The van der Waals surface area contributed by atoms with E-state index in [-0.39, 0.29) is 0 Å². The lowest BCUT2D eigenvalue weighted by Gasteiger charge is -2.25. The van der Waals surface area contributed by atoms with Crippen LogP contribution in [0.4, 0.5) is 34.1 Å². The Morgan fingerprint density at radius 2 is 0.772 bits per heavy atom. The van der Waals surface area contributed by atoms with Crippen LogP contribution in [0.5, 0.6) is 11.5 Å². The number of hydrogen-bond donors (Lipinski definition) is 0. The second-order valence-corrected chi connectivity index (χ2v) is 19.3. The molecule has 9 rings (SSSR count). The molecule has 0 N–H and O–H groups in total. The Morgan fingerprint density at radius 1 is 0.443 bits per heavy atom. The molecule has 6 heteroatoms. The van der Waals surface area contributed by atoms with Crippen molar-refractivity contribution in [1.82, 2.24) is 0 Å². The van der Waals surface area contributed by atoms with Crippen molar-refractivity contribution in [3.63, 3.8) is 0 Å². The number of para-hydroxylation sites is 4.